The minimum atomic E-state index is -4.62. The molecule has 0 aliphatic heterocycles. The van der Waals surface area contributed by atoms with Crippen LogP contribution in [-0.2, 0) is 11.9 Å². The number of halogens is 5. The molecule has 0 spiro atoms. The molecule has 1 aromatic carbocycles. The van der Waals surface area contributed by atoms with Crippen molar-refractivity contribution in [2.24, 2.45) is 0 Å². The zero-order chi connectivity index (χ0) is 21.3. The van der Waals surface area contributed by atoms with Gasteiger partial charge in [-0.05, 0) is 18.4 Å². The molecule has 148 valence electrons. The summed E-state index contributed by atoms with van der Waals surface area (Å²) in [4.78, 5) is 7.72. The highest BCUT2D eigenvalue weighted by Gasteiger charge is 2.32. The van der Waals surface area contributed by atoms with Gasteiger partial charge in [0.1, 0.15) is 23.5 Å². The van der Waals surface area contributed by atoms with E-state index in [2.05, 4.69) is 20.2 Å². The van der Waals surface area contributed by atoms with Crippen molar-refractivity contribution in [3.63, 3.8) is 0 Å². The van der Waals surface area contributed by atoms with E-state index in [4.69, 9.17) is 33.7 Å². The van der Waals surface area contributed by atoms with Gasteiger partial charge in [-0.3, -0.25) is 0 Å². The van der Waals surface area contributed by atoms with Gasteiger partial charge in [0.2, 0.25) is 0 Å². The smallest absolute Gasteiger partial charge is 0.327 e. The number of aromatic nitrogens is 5. The van der Waals surface area contributed by atoms with E-state index in [9.17, 15) is 13.2 Å². The lowest BCUT2D eigenvalue weighted by Crippen LogP contribution is -2.08. The zero-order valence-corrected chi connectivity index (χ0v) is 16.7. The number of H-pyrrole nitrogens is 1. The van der Waals surface area contributed by atoms with E-state index in [0.717, 1.165) is 16.9 Å². The Labute approximate surface area is 176 Å². The Morgan fingerprint density at radius 2 is 1.83 bits per heavy atom. The average molecular weight is 458 g/mol. The Kier molecular flexibility index (Phi) is 5.75. The number of thioether (sulfide) groups is 1. The molecule has 2 heterocycles. The standard InChI is InChI=1S/C16H8Cl2F3N7S/c1-29-6-12-13(15-24-10(4-22)11(5-23)25-15)27-28(26-12)14-8(17)2-7(3-9(14)18)16(19,20)21/h2-3H,6H2,1H3,(H,24,25). The predicted octanol–water partition coefficient (Wildman–Crippen LogP) is 4.59. The number of imidazole rings is 1. The molecule has 0 aliphatic carbocycles. The summed E-state index contributed by atoms with van der Waals surface area (Å²) in [7, 11) is 0. The molecule has 3 rings (SSSR count). The van der Waals surface area contributed by atoms with Crippen LogP contribution in [0.25, 0.3) is 17.2 Å². The van der Waals surface area contributed by atoms with E-state index >= 15 is 0 Å². The van der Waals surface area contributed by atoms with Crippen LogP contribution in [0, 0.1) is 22.7 Å². The topological polar surface area (TPSA) is 107 Å². The number of rotatable bonds is 4. The van der Waals surface area contributed by atoms with Crippen LogP contribution in [-0.4, -0.2) is 31.2 Å². The fraction of sp³-hybridized carbons (Fsp3) is 0.188. The molecule has 7 nitrogen and oxygen atoms in total. The van der Waals surface area contributed by atoms with Crippen molar-refractivity contribution in [2.75, 3.05) is 6.26 Å². The van der Waals surface area contributed by atoms with Crippen molar-refractivity contribution in [3.8, 4) is 29.3 Å². The van der Waals surface area contributed by atoms with E-state index in [0.29, 0.717) is 11.4 Å². The normalized spacial score (nSPS) is 11.3. The molecule has 1 N–H and O–H groups in total. The van der Waals surface area contributed by atoms with Crippen LogP contribution in [0.15, 0.2) is 12.1 Å². The predicted molar refractivity (Wildman–Crippen MR) is 101 cm³/mol. The number of aromatic amines is 1. The first kappa shape index (κ1) is 21.0. The second kappa shape index (κ2) is 7.95. The molecule has 0 amide bonds. The number of hydrogen-bond donors (Lipinski definition) is 1. The van der Waals surface area contributed by atoms with E-state index in [1.807, 2.05) is 12.3 Å². The fourth-order valence-corrected chi connectivity index (χ4v) is 3.53. The van der Waals surface area contributed by atoms with Crippen LogP contribution >= 0.6 is 35.0 Å². The third-order valence-corrected chi connectivity index (χ3v) is 4.79. The van der Waals surface area contributed by atoms with Gasteiger partial charge in [-0.2, -0.15) is 40.6 Å². The van der Waals surface area contributed by atoms with Crippen molar-refractivity contribution in [1.29, 1.82) is 10.5 Å². The van der Waals surface area contributed by atoms with Crippen LogP contribution in [0.1, 0.15) is 22.6 Å². The number of nitrogens with one attached hydrogen (secondary N) is 1. The summed E-state index contributed by atoms with van der Waals surface area (Å²) in [5.74, 6) is 0.489. The summed E-state index contributed by atoms with van der Waals surface area (Å²) < 4.78 is 38.9. The van der Waals surface area contributed by atoms with E-state index in [-0.39, 0.29) is 38.6 Å². The Hall–Kier alpha value is -2.73. The van der Waals surface area contributed by atoms with Gasteiger partial charge in [0, 0.05) is 5.75 Å². The van der Waals surface area contributed by atoms with E-state index < -0.39 is 11.7 Å². The third-order valence-electron chi connectivity index (χ3n) is 3.65. The fourth-order valence-electron chi connectivity index (χ4n) is 2.42. The van der Waals surface area contributed by atoms with E-state index in [1.54, 1.807) is 6.07 Å². The van der Waals surface area contributed by atoms with Crippen molar-refractivity contribution in [2.45, 2.75) is 11.9 Å². The van der Waals surface area contributed by atoms with E-state index in [1.165, 1.54) is 11.8 Å². The summed E-state index contributed by atoms with van der Waals surface area (Å²) in [6, 6.07) is 5.07. The minimum absolute atomic E-state index is 0.0393. The first-order chi connectivity index (χ1) is 13.7. The van der Waals surface area contributed by atoms with Crippen LogP contribution in [0.5, 0.6) is 0 Å². The highest BCUT2D eigenvalue weighted by Crippen LogP contribution is 2.37. The second-order valence-electron chi connectivity index (χ2n) is 5.54. The van der Waals surface area contributed by atoms with Gasteiger partial charge in [-0.15, -0.1) is 9.90 Å². The molecule has 0 bridgehead atoms. The van der Waals surface area contributed by atoms with Crippen LogP contribution in [0.3, 0.4) is 0 Å². The molecule has 0 radical (unpaired) electrons. The molecule has 3 aromatic rings. The van der Waals surface area contributed by atoms with Crippen molar-refractivity contribution in [3.05, 3.63) is 44.8 Å². The highest BCUT2D eigenvalue weighted by molar-refractivity contribution is 7.97. The lowest BCUT2D eigenvalue weighted by molar-refractivity contribution is -0.137. The van der Waals surface area contributed by atoms with Crippen LogP contribution < -0.4 is 0 Å². The Balaban J connectivity index is 2.17. The lowest BCUT2D eigenvalue weighted by Gasteiger charge is -2.11. The summed E-state index contributed by atoms with van der Waals surface area (Å²) >= 11 is 13.5. The number of benzene rings is 1. The zero-order valence-electron chi connectivity index (χ0n) is 14.3. The largest absolute Gasteiger partial charge is 0.416 e. The molecule has 0 saturated heterocycles. The maximum absolute atomic E-state index is 13.0. The van der Waals surface area contributed by atoms with Gasteiger partial charge < -0.3 is 4.98 Å². The summed E-state index contributed by atoms with van der Waals surface area (Å²) in [5.41, 5.74) is -0.578. The van der Waals surface area contributed by atoms with Crippen LogP contribution in [0.2, 0.25) is 10.0 Å². The molecule has 13 heteroatoms. The summed E-state index contributed by atoms with van der Waals surface area (Å²) in [6.45, 7) is 0. The Bertz CT molecular complexity index is 1120. The first-order valence-electron chi connectivity index (χ1n) is 7.62. The molecule has 0 atom stereocenters. The SMILES string of the molecule is CSCc1nn(-c2c(Cl)cc(C(F)(F)F)cc2Cl)nc1-c1nc(C#N)c(C#N)[nH]1. The summed E-state index contributed by atoms with van der Waals surface area (Å²) in [6.07, 6.45) is -2.81. The molecular formula is C16H8Cl2F3N7S. The number of alkyl halides is 3. The average Bonchev–Trinajstić information content (AvgIpc) is 3.24. The number of nitrogens with zero attached hydrogens (tertiary/aromatic N) is 6. The minimum Gasteiger partial charge on any atom is -0.327 e. The third kappa shape index (κ3) is 4.03. The molecule has 29 heavy (non-hydrogen) atoms. The van der Waals surface area contributed by atoms with Gasteiger partial charge >= 0.3 is 6.18 Å². The van der Waals surface area contributed by atoms with Gasteiger partial charge in [0.25, 0.3) is 0 Å². The van der Waals surface area contributed by atoms with Crippen molar-refractivity contribution in [1.82, 2.24) is 25.0 Å². The number of nitriles is 2. The highest BCUT2D eigenvalue weighted by atomic mass is 35.5. The maximum Gasteiger partial charge on any atom is 0.416 e. The lowest BCUT2D eigenvalue weighted by atomic mass is 10.2. The van der Waals surface area contributed by atoms with Gasteiger partial charge in [-0.1, -0.05) is 23.2 Å². The molecule has 0 aliphatic rings. The quantitative estimate of drug-likeness (QED) is 0.613. The molecule has 0 fully saturated rings. The van der Waals surface area contributed by atoms with Crippen LogP contribution in [0.4, 0.5) is 13.2 Å². The Morgan fingerprint density at radius 1 is 1.17 bits per heavy atom. The summed E-state index contributed by atoms with van der Waals surface area (Å²) in [5, 5.41) is 26.1. The number of hydrogen-bond acceptors (Lipinski definition) is 6. The molecular weight excluding hydrogens is 450 g/mol. The van der Waals surface area contributed by atoms with Gasteiger partial charge in [0.15, 0.2) is 22.9 Å². The monoisotopic (exact) mass is 457 g/mol. The first-order valence-corrected chi connectivity index (χ1v) is 9.77. The van der Waals surface area contributed by atoms with Gasteiger partial charge in [0.05, 0.1) is 15.6 Å². The van der Waals surface area contributed by atoms with Crippen molar-refractivity contribution < 1.29 is 13.2 Å². The molecule has 0 saturated carbocycles. The van der Waals surface area contributed by atoms with Gasteiger partial charge in [-0.25, -0.2) is 4.98 Å². The molecule has 2 aromatic heterocycles. The van der Waals surface area contributed by atoms with Crippen molar-refractivity contribution >= 4 is 35.0 Å². The second-order valence-corrected chi connectivity index (χ2v) is 7.22. The Morgan fingerprint density at radius 3 is 2.31 bits per heavy atom. The maximum atomic E-state index is 13.0. The molecule has 0 unspecified atom stereocenters.